The zero-order valence-corrected chi connectivity index (χ0v) is 24.6. The van der Waals surface area contributed by atoms with E-state index in [0.717, 1.165) is 81.1 Å². The molecule has 222 valence electrons. The Morgan fingerprint density at radius 2 is 1.86 bits per heavy atom. The van der Waals surface area contributed by atoms with Crippen LogP contribution >= 0.6 is 11.3 Å². The Bertz CT molecular complexity index is 1610. The van der Waals surface area contributed by atoms with E-state index < -0.39 is 0 Å². The average Bonchev–Trinajstić information content (AvgIpc) is 3.53. The van der Waals surface area contributed by atoms with Crippen LogP contribution in [0, 0.1) is 6.92 Å². The van der Waals surface area contributed by atoms with Crippen molar-refractivity contribution < 1.29 is 24.2 Å². The SMILES string of the molecule is COc1cc(C)cc2cc(-c3c(CN4CCCC(=O)C4)c(CN4CCN(C=O)CC4)n4ncnc(N)c34)sc12.O=CO. The molecule has 0 unspecified atom stereocenters. The molecule has 5 heterocycles. The van der Waals surface area contributed by atoms with Gasteiger partial charge in [0.1, 0.15) is 23.4 Å². The monoisotopic (exact) mass is 593 g/mol. The number of nitrogen functional groups attached to an aromatic ring is 1. The van der Waals surface area contributed by atoms with Gasteiger partial charge in [-0.3, -0.25) is 24.2 Å². The highest BCUT2D eigenvalue weighted by atomic mass is 32.1. The number of likely N-dealkylation sites (tertiary alicyclic amines) is 1. The molecule has 2 aliphatic rings. The molecular weight excluding hydrogens is 558 g/mol. The van der Waals surface area contributed by atoms with E-state index in [1.807, 2.05) is 9.42 Å². The minimum atomic E-state index is -0.250. The van der Waals surface area contributed by atoms with Gasteiger partial charge in [0, 0.05) is 61.7 Å². The number of aryl methyl sites for hydroxylation is 1. The Balaban J connectivity index is 0.00000113. The molecule has 0 radical (unpaired) electrons. The fraction of sp³-hybridized carbons (Fsp3) is 0.414. The normalized spacial score (nSPS) is 16.4. The molecule has 3 aromatic heterocycles. The molecule has 3 N–H and O–H groups in total. The van der Waals surface area contributed by atoms with Gasteiger partial charge in [0.15, 0.2) is 5.82 Å². The summed E-state index contributed by atoms with van der Waals surface area (Å²) in [5, 5.41) is 12.7. The molecule has 13 heteroatoms. The molecule has 42 heavy (non-hydrogen) atoms. The zero-order chi connectivity index (χ0) is 29.8. The van der Waals surface area contributed by atoms with Crippen molar-refractivity contribution in [1.29, 1.82) is 0 Å². The number of benzene rings is 1. The lowest BCUT2D eigenvalue weighted by Gasteiger charge is -2.33. The summed E-state index contributed by atoms with van der Waals surface area (Å²) in [6.07, 6.45) is 3.94. The smallest absolute Gasteiger partial charge is 0.290 e. The second kappa shape index (κ2) is 12.8. The third-order valence-corrected chi connectivity index (χ3v) is 8.98. The number of hydrogen-bond acceptors (Lipinski definition) is 10. The third kappa shape index (κ3) is 5.94. The van der Waals surface area contributed by atoms with Crippen LogP contribution in [-0.4, -0.2) is 99.4 Å². The van der Waals surface area contributed by atoms with E-state index in [-0.39, 0.29) is 12.3 Å². The summed E-state index contributed by atoms with van der Waals surface area (Å²) >= 11 is 1.68. The highest BCUT2D eigenvalue weighted by Crippen LogP contribution is 2.44. The van der Waals surface area contributed by atoms with Crippen molar-refractivity contribution in [1.82, 2.24) is 29.3 Å². The summed E-state index contributed by atoms with van der Waals surface area (Å²) in [6.45, 7) is 7.38. The lowest BCUT2D eigenvalue weighted by Crippen LogP contribution is -2.45. The quantitative estimate of drug-likeness (QED) is 0.307. The lowest BCUT2D eigenvalue weighted by atomic mass is 10.0. The largest absolute Gasteiger partial charge is 0.495 e. The van der Waals surface area contributed by atoms with Gasteiger partial charge in [-0.15, -0.1) is 11.3 Å². The number of carbonyl (C=O) groups is 3. The van der Waals surface area contributed by atoms with E-state index in [0.29, 0.717) is 45.0 Å². The van der Waals surface area contributed by atoms with Gasteiger partial charge in [0.25, 0.3) is 6.47 Å². The Morgan fingerprint density at radius 1 is 1.10 bits per heavy atom. The summed E-state index contributed by atoms with van der Waals surface area (Å²) in [7, 11) is 1.70. The van der Waals surface area contributed by atoms with Crippen molar-refractivity contribution >= 4 is 51.4 Å². The first-order chi connectivity index (χ1) is 20.4. The van der Waals surface area contributed by atoms with E-state index >= 15 is 0 Å². The number of anilines is 1. The van der Waals surface area contributed by atoms with E-state index in [2.05, 4.69) is 45.0 Å². The summed E-state index contributed by atoms with van der Waals surface area (Å²) < 4.78 is 8.75. The molecule has 1 aromatic carbocycles. The Morgan fingerprint density at radius 3 is 2.55 bits per heavy atom. The molecule has 0 aliphatic carbocycles. The summed E-state index contributed by atoms with van der Waals surface area (Å²) in [5.74, 6) is 1.55. The number of carbonyl (C=O) groups excluding carboxylic acids is 2. The van der Waals surface area contributed by atoms with Crippen molar-refractivity contribution in [3.63, 3.8) is 0 Å². The molecular formula is C29H35N7O5S. The topological polar surface area (TPSA) is 147 Å². The van der Waals surface area contributed by atoms with Crippen LogP contribution in [0.1, 0.15) is 29.7 Å². The summed E-state index contributed by atoms with van der Waals surface area (Å²) in [6, 6.07) is 6.43. The Kier molecular flexibility index (Phi) is 9.00. The van der Waals surface area contributed by atoms with Crippen molar-refractivity contribution in [2.45, 2.75) is 32.9 Å². The van der Waals surface area contributed by atoms with Crippen LogP contribution in [0.5, 0.6) is 5.75 Å². The second-order valence-corrected chi connectivity index (χ2v) is 11.6. The van der Waals surface area contributed by atoms with Gasteiger partial charge >= 0.3 is 0 Å². The number of nitrogens with zero attached hydrogens (tertiary/aromatic N) is 6. The highest BCUT2D eigenvalue weighted by molar-refractivity contribution is 7.22. The average molecular weight is 594 g/mol. The van der Waals surface area contributed by atoms with E-state index in [4.69, 9.17) is 20.4 Å². The maximum Gasteiger partial charge on any atom is 0.290 e. The molecule has 1 amide bonds. The minimum Gasteiger partial charge on any atom is -0.495 e. The Hall–Kier alpha value is -4.07. The van der Waals surface area contributed by atoms with Crippen LogP contribution in [0.3, 0.4) is 0 Å². The van der Waals surface area contributed by atoms with E-state index in [1.165, 1.54) is 6.33 Å². The summed E-state index contributed by atoms with van der Waals surface area (Å²) in [4.78, 5) is 43.9. The molecule has 2 saturated heterocycles. The molecule has 0 atom stereocenters. The number of piperazine rings is 1. The number of nitrogens with two attached hydrogens (primary N) is 1. The number of hydrogen-bond donors (Lipinski definition) is 2. The van der Waals surface area contributed by atoms with Crippen LogP contribution in [0.15, 0.2) is 24.5 Å². The van der Waals surface area contributed by atoms with Crippen LogP contribution in [-0.2, 0) is 27.5 Å². The number of carboxylic acid groups (broad SMARTS) is 1. The maximum atomic E-state index is 12.4. The fourth-order valence-corrected chi connectivity index (χ4v) is 7.07. The molecule has 2 aliphatic heterocycles. The first-order valence-corrected chi connectivity index (χ1v) is 14.6. The molecule has 12 nitrogen and oxygen atoms in total. The van der Waals surface area contributed by atoms with Crippen LogP contribution in [0.4, 0.5) is 5.82 Å². The van der Waals surface area contributed by atoms with Crippen LogP contribution < -0.4 is 10.5 Å². The number of rotatable bonds is 7. The highest BCUT2D eigenvalue weighted by Gasteiger charge is 2.29. The zero-order valence-electron chi connectivity index (χ0n) is 23.8. The molecule has 0 saturated carbocycles. The number of aromatic nitrogens is 3. The van der Waals surface area contributed by atoms with Gasteiger partial charge in [-0.05, 0) is 43.0 Å². The van der Waals surface area contributed by atoms with E-state index in [1.54, 1.807) is 18.4 Å². The Labute approximate surface area is 247 Å². The number of amides is 1. The van der Waals surface area contributed by atoms with Crippen molar-refractivity contribution in [2.24, 2.45) is 0 Å². The minimum absolute atomic E-state index is 0.250. The standard InChI is InChI=1S/C28H33N7O3S.CH2O2/c1-18-10-19-12-24(39-27(19)23(11-18)38-2)25-21(14-34-5-3-4-20(37)13-34)22(35-26(25)28(29)30-16-31-35)15-32-6-8-33(17-36)9-7-32;2-1-3/h10-12,16-17H,3-9,13-15H2,1-2H3,(H2,29,30,31);1H,(H,2,3). The fourth-order valence-electron chi connectivity index (χ4n) is 5.86. The van der Waals surface area contributed by atoms with Crippen molar-refractivity contribution in [3.8, 4) is 16.2 Å². The number of Topliss-reactive ketones (excluding diaryl/α,β-unsaturated/α-hetero) is 1. The first kappa shape index (κ1) is 29.4. The number of ketones is 1. The van der Waals surface area contributed by atoms with Gasteiger partial charge in [-0.25, -0.2) is 9.50 Å². The van der Waals surface area contributed by atoms with Gasteiger partial charge < -0.3 is 20.5 Å². The predicted octanol–water partition coefficient (Wildman–Crippen LogP) is 2.65. The number of fused-ring (bicyclic) bond motifs is 2. The molecule has 2 fully saturated rings. The number of thiophene rings is 1. The van der Waals surface area contributed by atoms with Crippen LogP contribution in [0.25, 0.3) is 26.0 Å². The molecule has 0 bridgehead atoms. The number of piperidine rings is 1. The van der Waals surface area contributed by atoms with Gasteiger partial charge in [0.05, 0.1) is 24.0 Å². The van der Waals surface area contributed by atoms with Gasteiger partial charge in [-0.1, -0.05) is 6.07 Å². The first-order valence-electron chi connectivity index (χ1n) is 13.8. The number of methoxy groups -OCH3 is 1. The van der Waals surface area contributed by atoms with E-state index in [9.17, 15) is 9.59 Å². The third-order valence-electron chi connectivity index (χ3n) is 7.79. The van der Waals surface area contributed by atoms with Gasteiger partial charge in [-0.2, -0.15) is 5.10 Å². The maximum absolute atomic E-state index is 12.4. The number of ether oxygens (including phenoxy) is 1. The van der Waals surface area contributed by atoms with Crippen molar-refractivity contribution in [2.75, 3.05) is 52.1 Å². The van der Waals surface area contributed by atoms with Gasteiger partial charge in [0.2, 0.25) is 6.41 Å². The summed E-state index contributed by atoms with van der Waals surface area (Å²) in [5.41, 5.74) is 11.7. The molecule has 6 rings (SSSR count). The lowest BCUT2D eigenvalue weighted by molar-refractivity contribution is -0.123. The second-order valence-electron chi connectivity index (χ2n) is 10.6. The molecule has 4 aromatic rings. The van der Waals surface area contributed by atoms with Crippen molar-refractivity contribution in [3.05, 3.63) is 41.3 Å². The predicted molar refractivity (Wildman–Crippen MR) is 161 cm³/mol. The molecule has 0 spiro atoms. The van der Waals surface area contributed by atoms with Crippen LogP contribution in [0.2, 0.25) is 0 Å².